The van der Waals surface area contributed by atoms with Gasteiger partial charge in [-0.1, -0.05) is 0 Å². The van der Waals surface area contributed by atoms with Crippen LogP contribution in [-0.2, 0) is 0 Å². The topological polar surface area (TPSA) is 68.9 Å². The Labute approximate surface area is 91.9 Å². The van der Waals surface area contributed by atoms with Crippen molar-refractivity contribution in [2.24, 2.45) is 10.8 Å². The minimum absolute atomic E-state index is 0.131. The zero-order valence-corrected chi connectivity index (χ0v) is 8.58. The van der Waals surface area contributed by atoms with Crippen LogP contribution in [0.15, 0.2) is 23.3 Å². The number of hydrazone groups is 1. The van der Waals surface area contributed by atoms with E-state index in [4.69, 9.17) is 15.2 Å². The summed E-state index contributed by atoms with van der Waals surface area (Å²) in [6, 6.07) is 5.51. The van der Waals surface area contributed by atoms with Gasteiger partial charge in [-0.15, -0.1) is 0 Å². The lowest BCUT2D eigenvalue weighted by molar-refractivity contribution is 0.174. The first kappa shape index (κ1) is 9.72. The van der Waals surface area contributed by atoms with Crippen molar-refractivity contribution < 1.29 is 9.47 Å². The fraction of sp³-hybridized carbons (Fsp3) is 0.111. The average Bonchev–Trinajstić information content (AvgIpc) is 2.64. The average molecular weight is 223 g/mol. The molecule has 0 fully saturated rings. The SMILES string of the molecule is NC(=S)N/N=C\c1ccc2c(c1)OCO2. The lowest BCUT2D eigenvalue weighted by Gasteiger charge is -1.97. The van der Waals surface area contributed by atoms with Gasteiger partial charge in [-0.2, -0.15) is 5.10 Å². The van der Waals surface area contributed by atoms with E-state index in [1.807, 2.05) is 18.2 Å². The first-order valence-electron chi connectivity index (χ1n) is 4.24. The summed E-state index contributed by atoms with van der Waals surface area (Å²) >= 11 is 4.60. The second-order valence-corrected chi connectivity index (χ2v) is 3.29. The lowest BCUT2D eigenvalue weighted by atomic mass is 10.2. The molecule has 15 heavy (non-hydrogen) atoms. The number of fused-ring (bicyclic) bond motifs is 1. The van der Waals surface area contributed by atoms with Crippen LogP contribution in [0.2, 0.25) is 0 Å². The van der Waals surface area contributed by atoms with Gasteiger partial charge in [0.25, 0.3) is 0 Å². The number of benzene rings is 1. The molecular formula is C9H9N3O2S. The molecule has 0 amide bonds. The van der Waals surface area contributed by atoms with Crippen molar-refractivity contribution in [3.63, 3.8) is 0 Å². The highest BCUT2D eigenvalue weighted by Gasteiger charge is 2.12. The van der Waals surface area contributed by atoms with Crippen LogP contribution >= 0.6 is 12.2 Å². The quantitative estimate of drug-likeness (QED) is 0.436. The molecule has 0 unspecified atom stereocenters. The largest absolute Gasteiger partial charge is 0.454 e. The third kappa shape index (κ3) is 2.35. The monoisotopic (exact) mass is 223 g/mol. The van der Waals surface area contributed by atoms with Crippen LogP contribution in [-0.4, -0.2) is 18.1 Å². The van der Waals surface area contributed by atoms with E-state index in [9.17, 15) is 0 Å². The van der Waals surface area contributed by atoms with Gasteiger partial charge in [0.2, 0.25) is 6.79 Å². The fourth-order valence-electron chi connectivity index (χ4n) is 1.16. The summed E-state index contributed by atoms with van der Waals surface area (Å²) in [6.07, 6.45) is 1.60. The number of rotatable bonds is 2. The number of nitrogens with two attached hydrogens (primary N) is 1. The Balaban J connectivity index is 2.10. The highest BCUT2D eigenvalue weighted by atomic mass is 32.1. The van der Waals surface area contributed by atoms with Crippen LogP contribution in [0.25, 0.3) is 0 Å². The van der Waals surface area contributed by atoms with E-state index in [1.54, 1.807) is 6.21 Å². The highest BCUT2D eigenvalue weighted by Crippen LogP contribution is 2.31. The molecule has 1 aliphatic heterocycles. The van der Waals surface area contributed by atoms with E-state index in [0.717, 1.165) is 11.3 Å². The number of nitrogens with zero attached hydrogens (tertiary/aromatic N) is 1. The predicted molar refractivity (Wildman–Crippen MR) is 60.1 cm³/mol. The Hall–Kier alpha value is -1.82. The van der Waals surface area contributed by atoms with Gasteiger partial charge in [0.15, 0.2) is 16.6 Å². The molecule has 0 aliphatic carbocycles. The molecule has 0 atom stereocenters. The number of ether oxygens (including phenoxy) is 2. The molecule has 0 bridgehead atoms. The molecule has 1 heterocycles. The van der Waals surface area contributed by atoms with E-state index >= 15 is 0 Å². The molecule has 5 nitrogen and oxygen atoms in total. The lowest BCUT2D eigenvalue weighted by Crippen LogP contribution is -2.23. The van der Waals surface area contributed by atoms with Crippen molar-refractivity contribution in [1.29, 1.82) is 0 Å². The van der Waals surface area contributed by atoms with Gasteiger partial charge in [0.05, 0.1) is 6.21 Å². The molecule has 3 N–H and O–H groups in total. The van der Waals surface area contributed by atoms with Crippen LogP contribution in [0.4, 0.5) is 0 Å². The van der Waals surface area contributed by atoms with Crippen molar-refractivity contribution in [2.75, 3.05) is 6.79 Å². The van der Waals surface area contributed by atoms with Gasteiger partial charge < -0.3 is 15.2 Å². The second-order valence-electron chi connectivity index (χ2n) is 2.85. The fourth-order valence-corrected chi connectivity index (χ4v) is 1.22. The third-order valence-electron chi connectivity index (χ3n) is 1.78. The molecule has 1 aliphatic rings. The molecule has 0 radical (unpaired) electrons. The summed E-state index contributed by atoms with van der Waals surface area (Å²) in [7, 11) is 0. The van der Waals surface area contributed by atoms with Gasteiger partial charge in [-0.05, 0) is 36.0 Å². The number of thiocarbonyl (C=S) groups is 1. The molecule has 78 valence electrons. The Morgan fingerprint density at radius 3 is 3.07 bits per heavy atom. The van der Waals surface area contributed by atoms with E-state index in [-0.39, 0.29) is 11.9 Å². The van der Waals surface area contributed by atoms with Crippen LogP contribution in [0.5, 0.6) is 11.5 Å². The minimum Gasteiger partial charge on any atom is -0.454 e. The molecule has 2 rings (SSSR count). The number of nitrogens with one attached hydrogen (secondary N) is 1. The van der Waals surface area contributed by atoms with Gasteiger partial charge in [-0.3, -0.25) is 5.43 Å². The zero-order chi connectivity index (χ0) is 10.7. The first-order valence-corrected chi connectivity index (χ1v) is 4.65. The van der Waals surface area contributed by atoms with Crippen LogP contribution in [0.3, 0.4) is 0 Å². The maximum atomic E-state index is 5.21. The predicted octanol–water partition coefficient (Wildman–Crippen LogP) is 0.582. The molecule has 0 saturated heterocycles. The summed E-state index contributed by atoms with van der Waals surface area (Å²) < 4.78 is 10.4. The smallest absolute Gasteiger partial charge is 0.231 e. The van der Waals surface area contributed by atoms with Crippen LogP contribution in [0, 0.1) is 0 Å². The van der Waals surface area contributed by atoms with Crippen molar-refractivity contribution in [3.05, 3.63) is 23.8 Å². The minimum atomic E-state index is 0.131. The Kier molecular flexibility index (Phi) is 2.68. The summed E-state index contributed by atoms with van der Waals surface area (Å²) in [5.41, 5.74) is 8.55. The van der Waals surface area contributed by atoms with Gasteiger partial charge >= 0.3 is 0 Å². The number of hydrogen-bond acceptors (Lipinski definition) is 4. The molecule has 1 aromatic carbocycles. The molecule has 6 heteroatoms. The van der Waals surface area contributed by atoms with Crippen molar-refractivity contribution in [2.45, 2.75) is 0 Å². The van der Waals surface area contributed by atoms with Gasteiger partial charge in [0.1, 0.15) is 0 Å². The summed E-state index contributed by atoms with van der Waals surface area (Å²) in [5.74, 6) is 1.46. The van der Waals surface area contributed by atoms with Crippen LogP contribution in [0.1, 0.15) is 5.56 Å². The van der Waals surface area contributed by atoms with Crippen molar-refractivity contribution in [3.8, 4) is 11.5 Å². The molecule has 1 aromatic rings. The summed E-state index contributed by atoms with van der Waals surface area (Å²) in [5, 5.41) is 3.96. The highest BCUT2D eigenvalue weighted by molar-refractivity contribution is 7.80. The Bertz CT molecular complexity index is 420. The zero-order valence-electron chi connectivity index (χ0n) is 7.77. The summed E-state index contributed by atoms with van der Waals surface area (Å²) in [6.45, 7) is 0.265. The van der Waals surface area contributed by atoms with E-state index in [2.05, 4.69) is 22.7 Å². The third-order valence-corrected chi connectivity index (χ3v) is 1.88. The maximum absolute atomic E-state index is 5.21. The molecule has 0 spiro atoms. The molecular weight excluding hydrogens is 214 g/mol. The van der Waals surface area contributed by atoms with Crippen molar-refractivity contribution in [1.82, 2.24) is 5.43 Å². The molecule has 0 saturated carbocycles. The molecule has 0 aromatic heterocycles. The normalized spacial score (nSPS) is 13.1. The van der Waals surface area contributed by atoms with Crippen LogP contribution < -0.4 is 20.6 Å². The first-order chi connectivity index (χ1) is 7.25. The van der Waals surface area contributed by atoms with E-state index < -0.39 is 0 Å². The van der Waals surface area contributed by atoms with E-state index in [0.29, 0.717) is 5.75 Å². The van der Waals surface area contributed by atoms with Gasteiger partial charge in [0, 0.05) is 0 Å². The second kappa shape index (κ2) is 4.14. The van der Waals surface area contributed by atoms with E-state index in [1.165, 1.54) is 0 Å². The van der Waals surface area contributed by atoms with Crippen molar-refractivity contribution >= 4 is 23.5 Å². The van der Waals surface area contributed by atoms with Gasteiger partial charge in [-0.25, -0.2) is 0 Å². The number of hydrogen-bond donors (Lipinski definition) is 2. The Morgan fingerprint density at radius 1 is 1.47 bits per heavy atom. The standard InChI is InChI=1S/C9H9N3O2S/c10-9(15)12-11-4-6-1-2-7-8(3-6)14-5-13-7/h1-4H,5H2,(H3,10,12,15)/b11-4-. The summed E-state index contributed by atoms with van der Waals surface area (Å²) in [4.78, 5) is 0. The maximum Gasteiger partial charge on any atom is 0.231 e. The Morgan fingerprint density at radius 2 is 2.27 bits per heavy atom.